The fourth-order valence-electron chi connectivity index (χ4n) is 2.01. The molecule has 1 aromatic carbocycles. The van der Waals surface area contributed by atoms with Crippen molar-refractivity contribution in [3.8, 4) is 10.6 Å². The summed E-state index contributed by atoms with van der Waals surface area (Å²) in [5.74, 6) is -1.74. The Morgan fingerprint density at radius 1 is 1.08 bits per heavy atom. The number of nitrogens with one attached hydrogen (secondary N) is 2. The number of hydrogen-bond acceptors (Lipinski definition) is 5. The van der Waals surface area contributed by atoms with E-state index in [1.54, 1.807) is 30.3 Å². The molecule has 5 nitrogen and oxygen atoms in total. The molecule has 0 aliphatic carbocycles. The van der Waals surface area contributed by atoms with Crippen LogP contribution >= 0.6 is 11.3 Å². The van der Waals surface area contributed by atoms with Gasteiger partial charge in [-0.25, -0.2) is 9.97 Å². The average Bonchev–Trinajstić information content (AvgIpc) is 3.08. The maximum absolute atomic E-state index is 13.2. The number of pyridine rings is 1. The van der Waals surface area contributed by atoms with Crippen LogP contribution < -0.4 is 10.9 Å². The largest absolute Gasteiger partial charge is 0.435 e. The van der Waals surface area contributed by atoms with Gasteiger partial charge in [0.15, 0.2) is 5.69 Å². The third-order valence-corrected chi connectivity index (χ3v) is 4.27. The van der Waals surface area contributed by atoms with Crippen molar-refractivity contribution in [2.75, 3.05) is 5.43 Å². The molecule has 134 valence electrons. The van der Waals surface area contributed by atoms with Crippen LogP contribution in [0.2, 0.25) is 0 Å². The molecular weight excluding hydrogens is 372 g/mol. The van der Waals surface area contributed by atoms with Crippen LogP contribution in [0.25, 0.3) is 10.6 Å². The molecule has 26 heavy (non-hydrogen) atoms. The normalized spacial score (nSPS) is 11.2. The van der Waals surface area contributed by atoms with E-state index in [9.17, 15) is 22.4 Å². The van der Waals surface area contributed by atoms with Crippen LogP contribution in [0, 0.1) is 5.95 Å². The number of benzene rings is 1. The molecule has 2 N–H and O–H groups in total. The van der Waals surface area contributed by atoms with E-state index in [1.807, 2.05) is 0 Å². The zero-order valence-corrected chi connectivity index (χ0v) is 13.7. The van der Waals surface area contributed by atoms with Crippen molar-refractivity contribution in [3.05, 3.63) is 65.2 Å². The number of alkyl halides is 3. The van der Waals surface area contributed by atoms with Gasteiger partial charge in [-0.15, -0.1) is 11.3 Å². The lowest BCUT2D eigenvalue weighted by Crippen LogP contribution is -2.30. The number of amides is 1. The fraction of sp³-hybridized carbons (Fsp3) is 0.0625. The Balaban J connectivity index is 1.86. The third-order valence-electron chi connectivity index (χ3n) is 3.17. The second-order valence-corrected chi connectivity index (χ2v) is 6.01. The van der Waals surface area contributed by atoms with Gasteiger partial charge in [0, 0.05) is 5.56 Å². The van der Waals surface area contributed by atoms with Crippen molar-refractivity contribution in [2.24, 2.45) is 0 Å². The summed E-state index contributed by atoms with van der Waals surface area (Å²) < 4.78 is 52.5. The molecule has 0 spiro atoms. The second-order valence-electron chi connectivity index (χ2n) is 5.01. The summed E-state index contributed by atoms with van der Waals surface area (Å²) in [7, 11) is 0. The molecule has 1 amide bonds. The van der Waals surface area contributed by atoms with E-state index in [-0.39, 0.29) is 10.7 Å². The zero-order chi connectivity index (χ0) is 18.7. The first kappa shape index (κ1) is 17.8. The highest BCUT2D eigenvalue weighted by Gasteiger charge is 2.39. The van der Waals surface area contributed by atoms with Crippen molar-refractivity contribution in [2.45, 2.75) is 6.18 Å². The van der Waals surface area contributed by atoms with E-state index < -0.39 is 28.6 Å². The van der Waals surface area contributed by atoms with Gasteiger partial charge in [-0.2, -0.15) is 17.6 Å². The Labute approximate surface area is 148 Å². The molecule has 0 radical (unpaired) electrons. The van der Waals surface area contributed by atoms with E-state index in [4.69, 9.17) is 0 Å². The predicted octanol–water partition coefficient (Wildman–Crippen LogP) is 4.12. The van der Waals surface area contributed by atoms with Crippen molar-refractivity contribution in [3.63, 3.8) is 0 Å². The molecule has 0 aliphatic heterocycles. The molecule has 0 fully saturated rings. The highest BCUT2D eigenvalue weighted by molar-refractivity contribution is 7.17. The smallest absolute Gasteiger partial charge is 0.297 e. The number of aromatic nitrogens is 2. The van der Waals surface area contributed by atoms with Gasteiger partial charge in [-0.1, -0.05) is 30.3 Å². The van der Waals surface area contributed by atoms with Gasteiger partial charge in [-0.3, -0.25) is 15.6 Å². The van der Waals surface area contributed by atoms with Gasteiger partial charge in [0.25, 0.3) is 5.91 Å². The summed E-state index contributed by atoms with van der Waals surface area (Å²) in [4.78, 5) is 18.6. The monoisotopic (exact) mass is 382 g/mol. The Hall–Kier alpha value is -3.01. The van der Waals surface area contributed by atoms with Gasteiger partial charge >= 0.3 is 6.18 Å². The summed E-state index contributed by atoms with van der Waals surface area (Å²) in [6, 6.07) is 10.5. The molecular formula is C16H10F4N4OS. The van der Waals surface area contributed by atoms with Gasteiger partial charge in [0.05, 0.1) is 11.9 Å². The number of hydrazine groups is 1. The molecule has 2 heterocycles. The molecule has 0 atom stereocenters. The molecule has 3 aromatic rings. The maximum atomic E-state index is 13.2. The van der Waals surface area contributed by atoms with Gasteiger partial charge < -0.3 is 0 Å². The van der Waals surface area contributed by atoms with Crippen LogP contribution in [-0.4, -0.2) is 15.9 Å². The van der Waals surface area contributed by atoms with Crippen LogP contribution in [0.5, 0.6) is 0 Å². The van der Waals surface area contributed by atoms with Crippen molar-refractivity contribution >= 4 is 22.9 Å². The number of thiazole rings is 1. The van der Waals surface area contributed by atoms with E-state index in [0.29, 0.717) is 16.9 Å². The summed E-state index contributed by atoms with van der Waals surface area (Å²) >= 11 is 0.626. The van der Waals surface area contributed by atoms with Crippen LogP contribution in [0.4, 0.5) is 23.2 Å². The van der Waals surface area contributed by atoms with Crippen LogP contribution in [0.1, 0.15) is 15.4 Å². The standard InChI is InChI=1S/C16H10F4N4OS/c17-11-7-6-10(8-21-11)23-24-14(25)12-13(16(18,19)20)22-15(26-12)9-4-2-1-3-5-9/h1-8,23H,(H,24,25). The van der Waals surface area contributed by atoms with E-state index >= 15 is 0 Å². The number of rotatable bonds is 4. The third kappa shape index (κ3) is 3.97. The molecule has 0 saturated heterocycles. The van der Waals surface area contributed by atoms with E-state index in [1.165, 1.54) is 6.07 Å². The molecule has 3 rings (SSSR count). The molecule has 2 aromatic heterocycles. The second kappa shape index (κ2) is 7.08. The van der Waals surface area contributed by atoms with Crippen LogP contribution in [-0.2, 0) is 6.18 Å². The first-order chi connectivity index (χ1) is 12.3. The number of nitrogens with zero attached hydrogens (tertiary/aromatic N) is 2. The van der Waals surface area contributed by atoms with Crippen LogP contribution in [0.3, 0.4) is 0 Å². The van der Waals surface area contributed by atoms with Gasteiger partial charge in [0.1, 0.15) is 9.88 Å². The first-order valence-corrected chi connectivity index (χ1v) is 7.97. The minimum atomic E-state index is -4.78. The van der Waals surface area contributed by atoms with Crippen molar-refractivity contribution < 1.29 is 22.4 Å². The topological polar surface area (TPSA) is 66.9 Å². The number of halogens is 4. The summed E-state index contributed by atoms with van der Waals surface area (Å²) in [5, 5.41) is 0.0755. The molecule has 0 unspecified atom stereocenters. The molecule has 0 bridgehead atoms. The van der Waals surface area contributed by atoms with E-state index in [0.717, 1.165) is 12.3 Å². The lowest BCUT2D eigenvalue weighted by atomic mass is 10.2. The number of anilines is 1. The van der Waals surface area contributed by atoms with Gasteiger partial charge in [0.2, 0.25) is 5.95 Å². The summed E-state index contributed by atoms with van der Waals surface area (Å²) in [5.41, 5.74) is 3.93. The predicted molar refractivity (Wildman–Crippen MR) is 87.8 cm³/mol. The zero-order valence-electron chi connectivity index (χ0n) is 12.8. The van der Waals surface area contributed by atoms with E-state index in [2.05, 4.69) is 20.8 Å². The molecule has 0 saturated carbocycles. The van der Waals surface area contributed by atoms with Gasteiger partial charge in [-0.05, 0) is 12.1 Å². The minimum Gasteiger partial charge on any atom is -0.297 e. The number of hydrogen-bond donors (Lipinski definition) is 2. The van der Waals surface area contributed by atoms with Crippen molar-refractivity contribution in [1.29, 1.82) is 0 Å². The van der Waals surface area contributed by atoms with Crippen molar-refractivity contribution in [1.82, 2.24) is 15.4 Å². The summed E-state index contributed by atoms with van der Waals surface area (Å²) in [6.07, 6.45) is -3.70. The Morgan fingerprint density at radius 3 is 2.42 bits per heavy atom. The Bertz CT molecular complexity index is 910. The first-order valence-electron chi connectivity index (χ1n) is 7.16. The summed E-state index contributed by atoms with van der Waals surface area (Å²) in [6.45, 7) is 0. The number of carbonyl (C=O) groups excluding carboxylic acids is 1. The highest BCUT2D eigenvalue weighted by atomic mass is 32.1. The molecule has 10 heteroatoms. The lowest BCUT2D eigenvalue weighted by Gasteiger charge is -2.09. The fourth-order valence-corrected chi connectivity index (χ4v) is 2.99. The number of carbonyl (C=O) groups is 1. The Kier molecular flexibility index (Phi) is 4.85. The SMILES string of the molecule is O=C(NNc1ccc(F)nc1)c1sc(-c2ccccc2)nc1C(F)(F)F. The average molecular weight is 382 g/mol. The Morgan fingerprint density at radius 2 is 1.81 bits per heavy atom. The molecule has 0 aliphatic rings. The lowest BCUT2D eigenvalue weighted by molar-refractivity contribution is -0.141. The maximum Gasteiger partial charge on any atom is 0.435 e. The quantitative estimate of drug-likeness (QED) is 0.405. The highest BCUT2D eigenvalue weighted by Crippen LogP contribution is 2.37. The van der Waals surface area contributed by atoms with Crippen LogP contribution in [0.15, 0.2) is 48.7 Å². The minimum absolute atomic E-state index is 0.0755.